The van der Waals surface area contributed by atoms with Gasteiger partial charge in [-0.25, -0.2) is 4.98 Å². The molecule has 0 aromatic carbocycles. The molecule has 1 fully saturated rings. The first-order valence-corrected chi connectivity index (χ1v) is 10.4. The van der Waals surface area contributed by atoms with Crippen molar-refractivity contribution in [3.8, 4) is 0 Å². The summed E-state index contributed by atoms with van der Waals surface area (Å²) < 4.78 is 7.42. The lowest BCUT2D eigenvalue weighted by Crippen LogP contribution is -2.30. The summed E-state index contributed by atoms with van der Waals surface area (Å²) in [6.07, 6.45) is 5.09. The number of aryl methyl sites for hydroxylation is 2. The molecule has 0 unspecified atom stereocenters. The number of thiophene rings is 1. The summed E-state index contributed by atoms with van der Waals surface area (Å²) in [5.74, 6) is -0.406. The second kappa shape index (κ2) is 6.74. The highest BCUT2D eigenvalue weighted by Gasteiger charge is 2.26. The van der Waals surface area contributed by atoms with E-state index in [1.165, 1.54) is 22.2 Å². The topological polar surface area (TPSA) is 87.2 Å². The Morgan fingerprint density at radius 1 is 1.48 bits per heavy atom. The molecule has 0 saturated carbocycles. The lowest BCUT2D eigenvalue weighted by molar-refractivity contribution is -0.117. The van der Waals surface area contributed by atoms with E-state index < -0.39 is 11.2 Å². The van der Waals surface area contributed by atoms with E-state index in [1.54, 1.807) is 22.8 Å². The Kier molecular flexibility index (Phi) is 4.59. The smallest absolute Gasteiger partial charge is 0.263 e. The SMILES string of the molecule is C[C@@H](Sc1nc2sc3c(c2c(=O)n1C[C@@H]1CCCO1)CCC3)C(N)=O. The largest absolute Gasteiger partial charge is 0.376 e. The first-order chi connectivity index (χ1) is 12.0. The Morgan fingerprint density at radius 3 is 3.04 bits per heavy atom. The minimum absolute atomic E-state index is 0.000861. The molecule has 2 aromatic heterocycles. The highest BCUT2D eigenvalue weighted by Crippen LogP contribution is 2.36. The fourth-order valence-corrected chi connectivity index (χ4v) is 5.69. The van der Waals surface area contributed by atoms with Crippen molar-refractivity contribution >= 4 is 39.2 Å². The summed E-state index contributed by atoms with van der Waals surface area (Å²) in [6.45, 7) is 2.97. The number of hydrogen-bond donors (Lipinski definition) is 1. The van der Waals surface area contributed by atoms with Gasteiger partial charge in [0.15, 0.2) is 5.16 Å². The number of primary amides is 1. The van der Waals surface area contributed by atoms with E-state index in [9.17, 15) is 9.59 Å². The Labute approximate surface area is 153 Å². The van der Waals surface area contributed by atoms with E-state index in [0.717, 1.165) is 48.9 Å². The number of carbonyl (C=O) groups excluding carboxylic acids is 1. The second-order valence-electron chi connectivity index (χ2n) is 6.65. The number of nitrogens with zero attached hydrogens (tertiary/aromatic N) is 2. The zero-order valence-electron chi connectivity index (χ0n) is 14.1. The molecule has 2 aromatic rings. The standard InChI is InChI=1S/C17H21N3O3S2/c1-9(14(18)21)24-17-19-15-13(11-5-2-6-12(11)25-15)16(22)20(17)8-10-4-3-7-23-10/h9-10H,2-8H2,1H3,(H2,18,21)/t9-,10+/m1/s1. The average Bonchev–Trinajstić information content (AvgIpc) is 3.27. The molecule has 8 heteroatoms. The number of nitrogens with two attached hydrogens (primary N) is 1. The maximum Gasteiger partial charge on any atom is 0.263 e. The van der Waals surface area contributed by atoms with Crippen molar-refractivity contribution < 1.29 is 9.53 Å². The number of rotatable bonds is 5. The van der Waals surface area contributed by atoms with E-state index in [0.29, 0.717) is 11.7 Å². The average molecular weight is 380 g/mol. The van der Waals surface area contributed by atoms with Crippen LogP contribution in [0.3, 0.4) is 0 Å². The molecule has 0 radical (unpaired) electrons. The number of fused-ring (bicyclic) bond motifs is 3. The third kappa shape index (κ3) is 3.11. The van der Waals surface area contributed by atoms with Crippen molar-refractivity contribution in [1.29, 1.82) is 0 Å². The van der Waals surface area contributed by atoms with Crippen LogP contribution in [-0.4, -0.2) is 33.4 Å². The van der Waals surface area contributed by atoms with E-state index in [-0.39, 0.29) is 11.7 Å². The van der Waals surface area contributed by atoms with E-state index >= 15 is 0 Å². The lowest BCUT2D eigenvalue weighted by Gasteiger charge is -2.17. The number of hydrogen-bond acceptors (Lipinski definition) is 6. The van der Waals surface area contributed by atoms with Crippen LogP contribution in [0.5, 0.6) is 0 Å². The first kappa shape index (κ1) is 17.1. The van der Waals surface area contributed by atoms with Gasteiger partial charge >= 0.3 is 0 Å². The van der Waals surface area contributed by atoms with E-state index in [4.69, 9.17) is 15.5 Å². The summed E-state index contributed by atoms with van der Waals surface area (Å²) >= 11 is 2.88. The van der Waals surface area contributed by atoms with Crippen LogP contribution in [0.2, 0.25) is 0 Å². The number of ether oxygens (including phenoxy) is 1. The highest BCUT2D eigenvalue weighted by atomic mass is 32.2. The molecule has 2 aliphatic rings. The molecule has 25 heavy (non-hydrogen) atoms. The quantitative estimate of drug-likeness (QED) is 0.635. The summed E-state index contributed by atoms with van der Waals surface area (Å²) in [6, 6.07) is 0. The number of amides is 1. The summed E-state index contributed by atoms with van der Waals surface area (Å²) in [7, 11) is 0. The Hall–Kier alpha value is -1.38. The van der Waals surface area contributed by atoms with Gasteiger partial charge in [0.05, 0.1) is 23.3 Å². The number of aromatic nitrogens is 2. The number of thioether (sulfide) groups is 1. The van der Waals surface area contributed by atoms with Gasteiger partial charge in [0.2, 0.25) is 5.91 Å². The minimum atomic E-state index is -0.438. The van der Waals surface area contributed by atoms with Crippen molar-refractivity contribution in [3.63, 3.8) is 0 Å². The first-order valence-electron chi connectivity index (χ1n) is 8.67. The monoisotopic (exact) mass is 379 g/mol. The van der Waals surface area contributed by atoms with Gasteiger partial charge in [-0.2, -0.15) is 0 Å². The molecule has 4 rings (SSSR count). The molecule has 2 atom stereocenters. The predicted octanol–water partition coefficient (Wildman–Crippen LogP) is 2.09. The van der Waals surface area contributed by atoms with Crippen molar-refractivity contribution in [2.24, 2.45) is 5.73 Å². The molecule has 0 bridgehead atoms. The molecule has 134 valence electrons. The van der Waals surface area contributed by atoms with Gasteiger partial charge < -0.3 is 10.5 Å². The molecular formula is C17H21N3O3S2. The molecule has 1 amide bonds. The van der Waals surface area contributed by atoms with E-state index in [1.807, 2.05) is 0 Å². The van der Waals surface area contributed by atoms with Crippen LogP contribution in [0.25, 0.3) is 10.2 Å². The van der Waals surface area contributed by atoms with Crippen molar-refractivity contribution in [2.45, 2.75) is 62.1 Å². The van der Waals surface area contributed by atoms with Crippen molar-refractivity contribution in [3.05, 3.63) is 20.8 Å². The van der Waals surface area contributed by atoms with Crippen LogP contribution in [0.4, 0.5) is 0 Å². The summed E-state index contributed by atoms with van der Waals surface area (Å²) in [5.41, 5.74) is 6.59. The molecule has 0 spiro atoms. The fraction of sp³-hybridized carbons (Fsp3) is 0.588. The van der Waals surface area contributed by atoms with Gasteiger partial charge in [-0.05, 0) is 44.6 Å². The van der Waals surface area contributed by atoms with Crippen LogP contribution in [0.15, 0.2) is 9.95 Å². The zero-order valence-corrected chi connectivity index (χ0v) is 15.8. The molecule has 3 heterocycles. The Balaban J connectivity index is 1.82. The van der Waals surface area contributed by atoms with Gasteiger partial charge in [0.25, 0.3) is 5.56 Å². The zero-order chi connectivity index (χ0) is 17.6. The highest BCUT2D eigenvalue weighted by molar-refractivity contribution is 8.00. The van der Waals surface area contributed by atoms with Crippen LogP contribution >= 0.6 is 23.1 Å². The van der Waals surface area contributed by atoms with Gasteiger partial charge in [-0.3, -0.25) is 14.2 Å². The second-order valence-corrected chi connectivity index (χ2v) is 9.04. The maximum absolute atomic E-state index is 13.3. The van der Waals surface area contributed by atoms with Crippen LogP contribution in [0.1, 0.15) is 36.6 Å². The molecule has 2 N–H and O–H groups in total. The molecule has 1 aliphatic carbocycles. The Bertz CT molecular complexity index is 883. The predicted molar refractivity (Wildman–Crippen MR) is 99.4 cm³/mol. The molecule has 6 nitrogen and oxygen atoms in total. The molecule has 1 aliphatic heterocycles. The Morgan fingerprint density at radius 2 is 2.32 bits per heavy atom. The summed E-state index contributed by atoms with van der Waals surface area (Å²) in [5, 5.41) is 0.901. The third-order valence-electron chi connectivity index (χ3n) is 4.88. The van der Waals surface area contributed by atoms with Crippen LogP contribution < -0.4 is 11.3 Å². The minimum Gasteiger partial charge on any atom is -0.376 e. The normalized spacial score (nSPS) is 20.9. The number of carbonyl (C=O) groups is 1. The maximum atomic E-state index is 13.3. The lowest BCUT2D eigenvalue weighted by atomic mass is 10.2. The van der Waals surface area contributed by atoms with Gasteiger partial charge in [-0.1, -0.05) is 11.8 Å². The van der Waals surface area contributed by atoms with Crippen LogP contribution in [-0.2, 0) is 28.9 Å². The molecule has 1 saturated heterocycles. The van der Waals surface area contributed by atoms with Crippen molar-refractivity contribution in [1.82, 2.24) is 9.55 Å². The van der Waals surface area contributed by atoms with Crippen molar-refractivity contribution in [2.75, 3.05) is 6.61 Å². The fourth-order valence-electron chi connectivity index (χ4n) is 3.52. The third-order valence-corrected chi connectivity index (χ3v) is 7.18. The van der Waals surface area contributed by atoms with Gasteiger partial charge in [0.1, 0.15) is 4.83 Å². The van der Waals surface area contributed by atoms with Crippen LogP contribution in [0, 0.1) is 0 Å². The molecular weight excluding hydrogens is 358 g/mol. The van der Waals surface area contributed by atoms with E-state index in [2.05, 4.69) is 0 Å². The summed E-state index contributed by atoms with van der Waals surface area (Å²) in [4.78, 5) is 31.6. The van der Waals surface area contributed by atoms with Gasteiger partial charge in [-0.15, -0.1) is 11.3 Å². The van der Waals surface area contributed by atoms with Gasteiger partial charge in [0, 0.05) is 11.5 Å².